The average Bonchev–Trinajstić information content (AvgIpc) is 3.44. The summed E-state index contributed by atoms with van der Waals surface area (Å²) in [6, 6.07) is 15.4. The Labute approximate surface area is 193 Å². The van der Waals surface area contributed by atoms with E-state index in [1.807, 2.05) is 37.5 Å². The first-order chi connectivity index (χ1) is 16.0. The summed E-state index contributed by atoms with van der Waals surface area (Å²) in [4.78, 5) is 17.9. The fourth-order valence-electron chi connectivity index (χ4n) is 3.61. The molecule has 0 aliphatic carbocycles. The number of nitrogens with zero attached hydrogens (tertiary/aromatic N) is 5. The number of fused-ring (bicyclic) bond motifs is 1. The zero-order valence-corrected chi connectivity index (χ0v) is 18.3. The quantitative estimate of drug-likeness (QED) is 0.403. The van der Waals surface area contributed by atoms with E-state index in [1.54, 1.807) is 41.3 Å². The lowest BCUT2D eigenvalue weighted by Gasteiger charge is -2.09. The second-order valence-corrected chi connectivity index (χ2v) is 7.93. The summed E-state index contributed by atoms with van der Waals surface area (Å²) in [6.45, 7) is 0.144. The van der Waals surface area contributed by atoms with Crippen LogP contribution in [0.5, 0.6) is 0 Å². The smallest absolute Gasteiger partial charge is 0.257 e. The van der Waals surface area contributed by atoms with Crippen molar-refractivity contribution < 1.29 is 9.18 Å². The summed E-state index contributed by atoms with van der Waals surface area (Å²) >= 11 is 6.11. The number of hydrogen-bond donors (Lipinski definition) is 1. The number of pyridine rings is 1. The molecular weight excluding hydrogens is 443 g/mol. The summed E-state index contributed by atoms with van der Waals surface area (Å²) in [6.07, 6.45) is 5.20. The molecule has 0 unspecified atom stereocenters. The molecule has 3 aromatic heterocycles. The van der Waals surface area contributed by atoms with Crippen LogP contribution in [-0.4, -0.2) is 30.5 Å². The number of carbonyl (C=O) groups excluding carboxylic acids is 1. The van der Waals surface area contributed by atoms with Gasteiger partial charge < -0.3 is 5.32 Å². The number of aryl methyl sites for hydroxylation is 1. The van der Waals surface area contributed by atoms with Crippen LogP contribution in [0.15, 0.2) is 73.2 Å². The summed E-state index contributed by atoms with van der Waals surface area (Å²) in [5, 5.41) is 12.4. The fourth-order valence-corrected chi connectivity index (χ4v) is 3.83. The zero-order chi connectivity index (χ0) is 22.9. The molecular formula is C24H18ClFN6O. The third-order valence-electron chi connectivity index (χ3n) is 5.23. The zero-order valence-electron chi connectivity index (χ0n) is 17.5. The molecule has 0 atom stereocenters. The molecule has 0 aliphatic rings. The van der Waals surface area contributed by atoms with Gasteiger partial charge in [-0.3, -0.25) is 14.2 Å². The van der Waals surface area contributed by atoms with E-state index in [0.717, 1.165) is 10.9 Å². The highest BCUT2D eigenvalue weighted by Crippen LogP contribution is 2.25. The largest absolute Gasteiger partial charge is 0.305 e. The van der Waals surface area contributed by atoms with Gasteiger partial charge in [-0.1, -0.05) is 35.9 Å². The van der Waals surface area contributed by atoms with Gasteiger partial charge in [-0.25, -0.2) is 9.37 Å². The van der Waals surface area contributed by atoms with Crippen molar-refractivity contribution in [1.29, 1.82) is 0 Å². The molecule has 164 valence electrons. The minimum absolute atomic E-state index is 0.144. The predicted molar refractivity (Wildman–Crippen MR) is 125 cm³/mol. The van der Waals surface area contributed by atoms with Crippen molar-refractivity contribution >= 4 is 34.2 Å². The maximum absolute atomic E-state index is 14.1. The Balaban J connectivity index is 1.44. The molecule has 9 heteroatoms. The first-order valence-electron chi connectivity index (χ1n) is 10.1. The van der Waals surface area contributed by atoms with Crippen molar-refractivity contribution in [3.8, 4) is 11.3 Å². The Kier molecular flexibility index (Phi) is 5.35. The Morgan fingerprint density at radius 3 is 2.79 bits per heavy atom. The van der Waals surface area contributed by atoms with Crippen molar-refractivity contribution in [2.45, 2.75) is 6.54 Å². The fraction of sp³-hybridized carbons (Fsp3) is 0.0833. The van der Waals surface area contributed by atoms with Gasteiger partial charge in [0.1, 0.15) is 5.82 Å². The SMILES string of the molecule is Cn1cc(-c2cc(C(=O)Nc3ccn(Cc4c(F)cccc4Cl)n3)c3ccccc3n2)cn1. The summed E-state index contributed by atoms with van der Waals surface area (Å²) in [5.74, 6) is -0.390. The van der Waals surface area contributed by atoms with Crippen molar-refractivity contribution in [3.05, 3.63) is 95.2 Å². The number of para-hydroxylation sites is 1. The van der Waals surface area contributed by atoms with Crippen LogP contribution in [0, 0.1) is 5.82 Å². The van der Waals surface area contributed by atoms with Crippen LogP contribution in [-0.2, 0) is 13.6 Å². The molecule has 0 saturated heterocycles. The van der Waals surface area contributed by atoms with Gasteiger partial charge in [0.2, 0.25) is 0 Å². The average molecular weight is 461 g/mol. The van der Waals surface area contributed by atoms with Crippen LogP contribution in [0.1, 0.15) is 15.9 Å². The van der Waals surface area contributed by atoms with Crippen molar-refractivity contribution in [2.24, 2.45) is 7.05 Å². The highest BCUT2D eigenvalue weighted by atomic mass is 35.5. The molecule has 0 bridgehead atoms. The number of anilines is 1. The number of halogens is 2. The Bertz CT molecular complexity index is 1470. The number of carbonyl (C=O) groups is 1. The maximum atomic E-state index is 14.1. The Hall–Kier alpha value is -4.04. The van der Waals surface area contributed by atoms with Gasteiger partial charge in [0, 0.05) is 47.0 Å². The molecule has 0 aliphatic heterocycles. The van der Waals surface area contributed by atoms with E-state index in [9.17, 15) is 9.18 Å². The van der Waals surface area contributed by atoms with E-state index in [1.165, 1.54) is 10.7 Å². The number of hydrogen-bond acceptors (Lipinski definition) is 4. The van der Waals surface area contributed by atoms with Crippen molar-refractivity contribution in [2.75, 3.05) is 5.32 Å². The predicted octanol–water partition coefficient (Wildman–Crippen LogP) is 4.92. The topological polar surface area (TPSA) is 77.6 Å². The normalized spacial score (nSPS) is 11.1. The van der Waals surface area contributed by atoms with Crippen LogP contribution in [0.3, 0.4) is 0 Å². The molecule has 3 heterocycles. The number of aromatic nitrogens is 5. The number of rotatable bonds is 5. The lowest BCUT2D eigenvalue weighted by atomic mass is 10.0. The molecule has 0 radical (unpaired) electrons. The molecule has 1 N–H and O–H groups in total. The first-order valence-corrected chi connectivity index (χ1v) is 10.5. The molecule has 33 heavy (non-hydrogen) atoms. The minimum atomic E-state index is -0.408. The van der Waals surface area contributed by atoms with E-state index in [-0.39, 0.29) is 12.5 Å². The van der Waals surface area contributed by atoms with Crippen LogP contribution in [0.2, 0.25) is 5.02 Å². The van der Waals surface area contributed by atoms with Gasteiger partial charge in [-0.2, -0.15) is 10.2 Å². The molecule has 5 rings (SSSR count). The van der Waals surface area contributed by atoms with Crippen LogP contribution in [0.25, 0.3) is 22.2 Å². The Morgan fingerprint density at radius 1 is 1.15 bits per heavy atom. The monoisotopic (exact) mass is 460 g/mol. The highest BCUT2D eigenvalue weighted by molar-refractivity contribution is 6.31. The van der Waals surface area contributed by atoms with Gasteiger partial charge in [-0.05, 0) is 24.3 Å². The number of benzene rings is 2. The van der Waals surface area contributed by atoms with Crippen molar-refractivity contribution in [3.63, 3.8) is 0 Å². The number of nitrogens with one attached hydrogen (secondary N) is 1. The van der Waals surface area contributed by atoms with Crippen LogP contribution < -0.4 is 5.32 Å². The van der Waals surface area contributed by atoms with Gasteiger partial charge in [0.15, 0.2) is 5.82 Å². The van der Waals surface area contributed by atoms with Gasteiger partial charge >= 0.3 is 0 Å². The summed E-state index contributed by atoms with van der Waals surface area (Å²) in [5.41, 5.74) is 2.95. The molecule has 5 aromatic rings. The second kappa shape index (κ2) is 8.48. The van der Waals surface area contributed by atoms with Crippen LogP contribution >= 0.6 is 11.6 Å². The molecule has 0 saturated carbocycles. The third-order valence-corrected chi connectivity index (χ3v) is 5.58. The first kappa shape index (κ1) is 20.8. The van der Waals surface area contributed by atoms with E-state index in [4.69, 9.17) is 11.6 Å². The molecule has 0 fully saturated rings. The van der Waals surface area contributed by atoms with Gasteiger partial charge in [0.05, 0.1) is 29.5 Å². The maximum Gasteiger partial charge on any atom is 0.257 e. The van der Waals surface area contributed by atoms with Gasteiger partial charge in [-0.15, -0.1) is 0 Å². The third kappa shape index (κ3) is 4.20. The second-order valence-electron chi connectivity index (χ2n) is 7.53. The van der Waals surface area contributed by atoms with E-state index < -0.39 is 5.82 Å². The van der Waals surface area contributed by atoms with Crippen LogP contribution in [0.4, 0.5) is 10.2 Å². The van der Waals surface area contributed by atoms with E-state index in [2.05, 4.69) is 20.5 Å². The molecule has 1 amide bonds. The molecule has 2 aromatic carbocycles. The van der Waals surface area contributed by atoms with E-state index >= 15 is 0 Å². The standard InChI is InChI=1S/C24H18ClFN6O/c1-31-13-15(12-27-31)22-11-17(16-5-2-3-8-21(16)28-22)24(33)29-23-9-10-32(30-23)14-18-19(25)6-4-7-20(18)26/h2-13H,14H2,1H3,(H,29,30,33). The van der Waals surface area contributed by atoms with Crippen molar-refractivity contribution in [1.82, 2.24) is 24.5 Å². The number of amides is 1. The van der Waals surface area contributed by atoms with E-state index in [0.29, 0.717) is 33.2 Å². The molecule has 0 spiro atoms. The highest BCUT2D eigenvalue weighted by Gasteiger charge is 2.16. The Morgan fingerprint density at radius 2 is 2.00 bits per heavy atom. The summed E-state index contributed by atoms with van der Waals surface area (Å²) in [7, 11) is 1.82. The molecule has 7 nitrogen and oxygen atoms in total. The lowest BCUT2D eigenvalue weighted by molar-refractivity contribution is 0.102. The minimum Gasteiger partial charge on any atom is -0.305 e. The summed E-state index contributed by atoms with van der Waals surface area (Å²) < 4.78 is 17.3. The van der Waals surface area contributed by atoms with Gasteiger partial charge in [0.25, 0.3) is 5.91 Å². The lowest BCUT2D eigenvalue weighted by Crippen LogP contribution is -2.14.